The maximum atomic E-state index is 8.32. The molecule has 0 aliphatic carbocycles. The van der Waals surface area contributed by atoms with Crippen LogP contribution in [0.2, 0.25) is 0 Å². The highest BCUT2D eigenvalue weighted by molar-refractivity contribution is 9.09. The smallest absolute Gasteiger partial charge is 0.0701 e. The van der Waals surface area contributed by atoms with Gasteiger partial charge in [0.15, 0.2) is 0 Å². The zero-order chi connectivity index (χ0) is 34.0. The second-order valence-electron chi connectivity index (χ2n) is 8.02. The van der Waals surface area contributed by atoms with Gasteiger partial charge in [-0.1, -0.05) is 59.0 Å². The fourth-order valence-corrected chi connectivity index (χ4v) is 2.42. The molecule has 0 bridgehead atoms. The van der Waals surface area contributed by atoms with E-state index in [1.165, 1.54) is 0 Å². The number of halogens is 2. The molecule has 0 amide bonds. The summed E-state index contributed by atoms with van der Waals surface area (Å²) >= 11 is 3.27. The molecule has 0 heterocycles. The lowest BCUT2D eigenvalue weighted by molar-refractivity contribution is -0.0000168. The molecule has 0 unspecified atom stereocenters. The molecular weight excluding hydrogens is 703 g/mol. The molecule has 0 saturated carbocycles. The van der Waals surface area contributed by atoms with Gasteiger partial charge < -0.3 is 67.4 Å². The van der Waals surface area contributed by atoms with Gasteiger partial charge in [-0.3, -0.25) is 0 Å². The minimum Gasteiger partial charge on any atom is -1.00 e. The van der Waals surface area contributed by atoms with Crippen LogP contribution in [0.15, 0.2) is 0 Å². The first-order valence-electron chi connectivity index (χ1n) is 15.5. The van der Waals surface area contributed by atoms with E-state index in [1.807, 2.05) is 0 Å². The van der Waals surface area contributed by atoms with Crippen molar-refractivity contribution in [2.45, 2.75) is 62.3 Å². The van der Waals surface area contributed by atoms with Crippen LogP contribution in [0.25, 0.3) is 0 Å². The van der Waals surface area contributed by atoms with E-state index >= 15 is 0 Å². The minimum absolute atomic E-state index is 0. The molecule has 0 radical (unpaired) electrons. The van der Waals surface area contributed by atoms with E-state index in [9.17, 15) is 0 Å². The van der Waals surface area contributed by atoms with Gasteiger partial charge in [0, 0.05) is 46.5 Å². The van der Waals surface area contributed by atoms with Gasteiger partial charge in [0.25, 0.3) is 0 Å². The summed E-state index contributed by atoms with van der Waals surface area (Å²) in [6.07, 6.45) is 3.19. The number of methoxy groups -OCH3 is 2. The van der Waals surface area contributed by atoms with Crippen molar-refractivity contribution in [3.8, 4) is 0 Å². The summed E-state index contributed by atoms with van der Waals surface area (Å²) in [5.74, 6) is 0. The molecule has 0 atom stereocenters. The zero-order valence-electron chi connectivity index (χ0n) is 29.2. The van der Waals surface area contributed by atoms with Crippen LogP contribution in [-0.4, -0.2) is 174 Å². The molecule has 48 heavy (non-hydrogen) atoms. The largest absolute Gasteiger partial charge is 1.00 e. The number of ether oxygens (including phenoxy) is 10. The lowest BCUT2D eigenvalue weighted by Gasteiger charge is -2.03. The minimum atomic E-state index is 0. The summed E-state index contributed by atoms with van der Waals surface area (Å²) < 4.78 is 50.4. The molecule has 13 nitrogen and oxygen atoms in total. The summed E-state index contributed by atoms with van der Waals surface area (Å²) in [5, 5.41) is 24.5. The first-order chi connectivity index (χ1) is 21.7. The number of aliphatic hydroxyl groups excluding tert-OH is 3. The fraction of sp³-hybridized carbons (Fsp3) is 1.00. The first-order valence-corrected chi connectivity index (χ1v) is 16.6. The highest BCUT2D eigenvalue weighted by atomic mass is 79.9. The second-order valence-corrected chi connectivity index (χ2v) is 8.81. The SMILES string of the molecule is C.C.C.CCCOCCOCCBr.CCCOCCOCCO.CCCOCCOCCOC.CO.COCCOCCOCCO.[F-]. The first kappa shape index (κ1) is 69.6. The number of hydrogen-bond acceptors (Lipinski definition) is 13. The third-order valence-electron chi connectivity index (χ3n) is 4.09. The van der Waals surface area contributed by atoms with Crippen LogP contribution in [0.5, 0.6) is 0 Å². The van der Waals surface area contributed by atoms with Gasteiger partial charge in [-0.25, -0.2) is 0 Å². The van der Waals surface area contributed by atoms with Crippen LogP contribution in [-0.2, 0) is 47.4 Å². The topological polar surface area (TPSA) is 153 Å². The van der Waals surface area contributed by atoms with Crippen LogP contribution in [0.4, 0.5) is 0 Å². The maximum Gasteiger partial charge on any atom is 0.0701 e. The lowest BCUT2D eigenvalue weighted by Crippen LogP contribution is -3.00. The van der Waals surface area contributed by atoms with Crippen molar-refractivity contribution in [1.29, 1.82) is 0 Å². The van der Waals surface area contributed by atoms with Crippen molar-refractivity contribution in [3.05, 3.63) is 0 Å². The number of aliphatic hydroxyl groups is 3. The maximum absolute atomic E-state index is 8.32. The van der Waals surface area contributed by atoms with Crippen molar-refractivity contribution in [2.24, 2.45) is 0 Å². The van der Waals surface area contributed by atoms with E-state index in [0.717, 1.165) is 64.7 Å². The highest BCUT2D eigenvalue weighted by Gasteiger charge is 1.89. The van der Waals surface area contributed by atoms with Gasteiger partial charge >= 0.3 is 0 Å². The van der Waals surface area contributed by atoms with Crippen molar-refractivity contribution >= 4 is 15.9 Å². The quantitative estimate of drug-likeness (QED) is 0.0714. The van der Waals surface area contributed by atoms with Gasteiger partial charge in [-0.05, 0) is 19.3 Å². The average Bonchev–Trinajstić information content (AvgIpc) is 3.05. The molecule has 0 aromatic rings. The van der Waals surface area contributed by atoms with Crippen molar-refractivity contribution < 1.29 is 67.4 Å². The molecule has 0 fully saturated rings. The third-order valence-corrected chi connectivity index (χ3v) is 4.41. The molecule has 0 spiro atoms. The van der Waals surface area contributed by atoms with Crippen molar-refractivity contribution in [1.82, 2.24) is 0 Å². The number of alkyl halides is 1. The highest BCUT2D eigenvalue weighted by Crippen LogP contribution is 1.85. The molecular formula is C33H81BrFO13-. The third kappa shape index (κ3) is 104. The average molecular weight is 785 g/mol. The Bertz CT molecular complexity index is 333. The summed E-state index contributed by atoms with van der Waals surface area (Å²) in [6.45, 7) is 18.1. The van der Waals surface area contributed by atoms with Gasteiger partial charge in [-0.15, -0.1) is 0 Å². The van der Waals surface area contributed by atoms with Crippen molar-refractivity contribution in [2.75, 3.05) is 159 Å². The molecule has 0 aromatic heterocycles. The Morgan fingerprint density at radius 3 is 0.792 bits per heavy atom. The van der Waals surface area contributed by atoms with E-state index in [-0.39, 0.29) is 40.2 Å². The van der Waals surface area contributed by atoms with Gasteiger partial charge in [0.2, 0.25) is 0 Å². The van der Waals surface area contributed by atoms with E-state index < -0.39 is 0 Å². The monoisotopic (exact) mass is 783 g/mol. The number of rotatable bonds is 30. The van der Waals surface area contributed by atoms with Gasteiger partial charge in [0.1, 0.15) is 0 Å². The van der Waals surface area contributed by atoms with E-state index in [1.54, 1.807) is 14.2 Å². The Morgan fingerprint density at radius 1 is 0.375 bits per heavy atom. The Kier molecular flexibility index (Phi) is 125. The predicted molar refractivity (Wildman–Crippen MR) is 197 cm³/mol. The lowest BCUT2D eigenvalue weighted by atomic mass is 10.5. The van der Waals surface area contributed by atoms with E-state index in [2.05, 4.69) is 36.7 Å². The Balaban J connectivity index is -0.0000000577. The van der Waals surface area contributed by atoms with E-state index in [4.69, 9.17) is 62.7 Å². The standard InChI is InChI=1S/C8H18O3.C7H15BrO2.C7H16O4.C7H16O3.CH4O.3CH4.FH/c1-3-4-10-7-8-11-6-5-9-2;1-2-4-9-6-7-10-5-3-8;1-9-4-5-11-7-6-10-3-2-8;1-2-4-9-6-7-10-5-3-8;1-2;;;;/h3-8H2,1-2H3;2-7H2,1H3;8H,2-7H2,1H3;8H,2-7H2,1H3;2H,1H3;3*1H4;1H/p-1. The molecule has 0 aromatic carbocycles. The molecule has 0 saturated heterocycles. The summed E-state index contributed by atoms with van der Waals surface area (Å²) in [6, 6.07) is 0. The molecule has 0 aliphatic rings. The Morgan fingerprint density at radius 2 is 0.583 bits per heavy atom. The molecule has 0 rings (SSSR count). The van der Waals surface area contributed by atoms with E-state index in [0.29, 0.717) is 85.9 Å². The molecule has 0 aliphatic heterocycles. The van der Waals surface area contributed by atoms with Gasteiger partial charge in [-0.2, -0.15) is 0 Å². The normalized spacial score (nSPS) is 9.12. The Labute approximate surface area is 304 Å². The van der Waals surface area contributed by atoms with Gasteiger partial charge in [0.05, 0.1) is 112 Å². The van der Waals surface area contributed by atoms with Crippen LogP contribution >= 0.6 is 15.9 Å². The summed E-state index contributed by atoms with van der Waals surface area (Å²) in [7, 11) is 4.29. The second kappa shape index (κ2) is 86.0. The van der Waals surface area contributed by atoms with Crippen LogP contribution < -0.4 is 4.70 Å². The predicted octanol–water partition coefficient (Wildman–Crippen LogP) is 1.50. The molecule has 15 heteroatoms. The fourth-order valence-electron chi connectivity index (χ4n) is 2.19. The van der Waals surface area contributed by atoms with Crippen LogP contribution in [0, 0.1) is 0 Å². The summed E-state index contributed by atoms with van der Waals surface area (Å²) in [5.41, 5.74) is 0. The number of hydrogen-bond donors (Lipinski definition) is 3. The van der Waals surface area contributed by atoms with Crippen LogP contribution in [0.3, 0.4) is 0 Å². The molecule has 306 valence electrons. The molecule has 3 N–H and O–H groups in total. The zero-order valence-corrected chi connectivity index (χ0v) is 30.7. The Hall–Kier alpha value is -0.110. The van der Waals surface area contributed by atoms with Crippen LogP contribution in [0.1, 0.15) is 62.3 Å². The van der Waals surface area contributed by atoms with Crippen molar-refractivity contribution in [3.63, 3.8) is 0 Å². The summed E-state index contributed by atoms with van der Waals surface area (Å²) in [4.78, 5) is 0.